The molecule has 2 saturated heterocycles. The molecule has 2 nitrogen and oxygen atoms in total. The van der Waals surface area contributed by atoms with Gasteiger partial charge in [-0.05, 0) is 19.4 Å². The van der Waals surface area contributed by atoms with Crippen molar-refractivity contribution in [1.82, 2.24) is 4.90 Å². The lowest BCUT2D eigenvalue weighted by Gasteiger charge is -2.25. The number of nitrogens with zero attached hydrogens (tertiary/aromatic N) is 1. The smallest absolute Gasteiger partial charge is 0.0706 e. The molecule has 0 saturated carbocycles. The van der Waals surface area contributed by atoms with Gasteiger partial charge in [0.05, 0.1) is 12.7 Å². The van der Waals surface area contributed by atoms with Gasteiger partial charge in [0.15, 0.2) is 0 Å². The standard InChI is InChI=1S/C7H13NO.C3H8.C2H6/c1-8-3-6-2-7(4-8)9-5-6;1-3-2;1-2/h6-7H,2-5H2,1H3;3H2,1-2H3;1-2H3. The maximum Gasteiger partial charge on any atom is 0.0706 e. The van der Waals surface area contributed by atoms with E-state index in [9.17, 15) is 0 Å². The summed E-state index contributed by atoms with van der Waals surface area (Å²) in [4.78, 5) is 2.37. The van der Waals surface area contributed by atoms with Crippen LogP contribution in [0.1, 0.15) is 40.5 Å². The van der Waals surface area contributed by atoms with Gasteiger partial charge in [-0.25, -0.2) is 0 Å². The summed E-state index contributed by atoms with van der Waals surface area (Å²) in [6, 6.07) is 0. The Morgan fingerprint density at radius 3 is 2.29 bits per heavy atom. The van der Waals surface area contributed by atoms with Gasteiger partial charge >= 0.3 is 0 Å². The van der Waals surface area contributed by atoms with Crippen molar-refractivity contribution in [2.24, 2.45) is 5.92 Å². The van der Waals surface area contributed by atoms with Crippen molar-refractivity contribution >= 4 is 0 Å². The molecule has 0 N–H and O–H groups in total. The highest BCUT2D eigenvalue weighted by Gasteiger charge is 2.31. The van der Waals surface area contributed by atoms with E-state index in [1.54, 1.807) is 0 Å². The molecule has 0 aliphatic carbocycles. The van der Waals surface area contributed by atoms with E-state index in [0.29, 0.717) is 6.10 Å². The van der Waals surface area contributed by atoms with E-state index in [1.807, 2.05) is 13.8 Å². The first-order valence-electron chi connectivity index (χ1n) is 6.06. The second-order valence-corrected chi connectivity index (χ2v) is 3.99. The number of ether oxygens (including phenoxy) is 1. The molecule has 0 radical (unpaired) electrons. The summed E-state index contributed by atoms with van der Waals surface area (Å²) in [6.45, 7) is 11.7. The Morgan fingerprint density at radius 1 is 1.21 bits per heavy atom. The zero-order valence-electron chi connectivity index (χ0n) is 10.5. The zero-order valence-corrected chi connectivity index (χ0v) is 10.5. The van der Waals surface area contributed by atoms with Crippen LogP contribution in [-0.2, 0) is 4.74 Å². The molecule has 0 amide bonds. The van der Waals surface area contributed by atoms with Crippen molar-refractivity contribution in [1.29, 1.82) is 0 Å². The van der Waals surface area contributed by atoms with E-state index in [2.05, 4.69) is 25.8 Å². The summed E-state index contributed by atoms with van der Waals surface area (Å²) in [7, 11) is 2.17. The summed E-state index contributed by atoms with van der Waals surface area (Å²) in [6.07, 6.45) is 3.12. The SMILES string of the molecule is CC.CCC.CN1CC2COC(C2)C1. The molecule has 0 aromatic carbocycles. The van der Waals surface area contributed by atoms with Crippen LogP contribution in [0.2, 0.25) is 0 Å². The lowest BCUT2D eigenvalue weighted by Crippen LogP contribution is -2.35. The van der Waals surface area contributed by atoms with Gasteiger partial charge in [0, 0.05) is 13.1 Å². The van der Waals surface area contributed by atoms with E-state index >= 15 is 0 Å². The van der Waals surface area contributed by atoms with Crippen molar-refractivity contribution in [2.45, 2.75) is 46.6 Å². The van der Waals surface area contributed by atoms with E-state index in [0.717, 1.165) is 19.1 Å². The highest BCUT2D eigenvalue weighted by molar-refractivity contribution is 4.82. The Morgan fingerprint density at radius 2 is 1.79 bits per heavy atom. The average molecular weight is 201 g/mol. The lowest BCUT2D eigenvalue weighted by molar-refractivity contribution is 0.0926. The minimum atomic E-state index is 0.564. The molecule has 2 heteroatoms. The number of likely N-dealkylation sites (tertiary alicyclic amines) is 1. The molecule has 0 aromatic heterocycles. The molecule has 2 aliphatic rings. The highest BCUT2D eigenvalue weighted by Crippen LogP contribution is 2.25. The largest absolute Gasteiger partial charge is 0.377 e. The monoisotopic (exact) mass is 201 g/mol. The molecule has 2 fully saturated rings. The molecule has 2 unspecified atom stereocenters. The molecule has 2 atom stereocenters. The predicted molar refractivity (Wildman–Crippen MR) is 62.7 cm³/mol. The van der Waals surface area contributed by atoms with Gasteiger partial charge < -0.3 is 9.64 Å². The van der Waals surface area contributed by atoms with E-state index in [1.165, 1.54) is 19.4 Å². The third kappa shape index (κ3) is 4.97. The summed E-state index contributed by atoms with van der Waals surface area (Å²) >= 11 is 0. The van der Waals surface area contributed by atoms with Crippen molar-refractivity contribution in [3.8, 4) is 0 Å². The number of hydrogen-bond acceptors (Lipinski definition) is 2. The van der Waals surface area contributed by atoms with E-state index in [4.69, 9.17) is 4.74 Å². The molecule has 14 heavy (non-hydrogen) atoms. The number of piperidine rings is 1. The minimum absolute atomic E-state index is 0.564. The fourth-order valence-electron chi connectivity index (χ4n) is 1.90. The van der Waals surface area contributed by atoms with Crippen LogP contribution in [0, 0.1) is 5.92 Å². The molecular weight excluding hydrogens is 174 g/mol. The molecule has 86 valence electrons. The van der Waals surface area contributed by atoms with Crippen LogP contribution in [0.4, 0.5) is 0 Å². The Hall–Kier alpha value is -0.0800. The molecular formula is C12H27NO. The third-order valence-electron chi connectivity index (χ3n) is 2.25. The Balaban J connectivity index is 0.000000294. The molecule has 2 rings (SSSR count). The van der Waals surface area contributed by atoms with Gasteiger partial charge in [-0.15, -0.1) is 0 Å². The quantitative estimate of drug-likeness (QED) is 0.597. The number of likely N-dealkylation sites (N-methyl/N-ethyl adjacent to an activating group) is 1. The second-order valence-electron chi connectivity index (χ2n) is 3.99. The predicted octanol–water partition coefficient (Wildman–Crippen LogP) is 2.78. The maximum absolute atomic E-state index is 5.51. The van der Waals surface area contributed by atoms with Crippen LogP contribution in [0.3, 0.4) is 0 Å². The molecule has 2 heterocycles. The third-order valence-corrected chi connectivity index (χ3v) is 2.25. The van der Waals surface area contributed by atoms with Crippen LogP contribution in [-0.4, -0.2) is 37.7 Å². The Bertz CT molecular complexity index is 115. The van der Waals surface area contributed by atoms with E-state index in [-0.39, 0.29) is 0 Å². The second kappa shape index (κ2) is 8.25. The fourth-order valence-corrected chi connectivity index (χ4v) is 1.90. The molecule has 0 spiro atoms. The van der Waals surface area contributed by atoms with Crippen LogP contribution < -0.4 is 0 Å². The van der Waals surface area contributed by atoms with Gasteiger partial charge in [0.25, 0.3) is 0 Å². The Labute approximate surface area is 89.6 Å². The first-order chi connectivity index (χ1) is 6.76. The minimum Gasteiger partial charge on any atom is -0.377 e. The van der Waals surface area contributed by atoms with Gasteiger partial charge in [-0.3, -0.25) is 0 Å². The van der Waals surface area contributed by atoms with Crippen molar-refractivity contribution in [3.63, 3.8) is 0 Å². The van der Waals surface area contributed by atoms with Gasteiger partial charge in [-0.2, -0.15) is 0 Å². The first-order valence-corrected chi connectivity index (χ1v) is 6.06. The number of hydrogen-bond donors (Lipinski definition) is 0. The summed E-state index contributed by atoms with van der Waals surface area (Å²) < 4.78 is 5.51. The maximum atomic E-state index is 5.51. The van der Waals surface area contributed by atoms with Crippen LogP contribution in [0.25, 0.3) is 0 Å². The summed E-state index contributed by atoms with van der Waals surface area (Å²) in [5.41, 5.74) is 0. The van der Waals surface area contributed by atoms with Gasteiger partial charge in [0.1, 0.15) is 0 Å². The lowest BCUT2D eigenvalue weighted by atomic mass is 10.0. The van der Waals surface area contributed by atoms with Crippen LogP contribution in [0.5, 0.6) is 0 Å². The zero-order chi connectivity index (χ0) is 11.0. The summed E-state index contributed by atoms with van der Waals surface area (Å²) in [5, 5.41) is 0. The summed E-state index contributed by atoms with van der Waals surface area (Å²) in [5.74, 6) is 0.841. The van der Waals surface area contributed by atoms with Crippen LogP contribution in [0.15, 0.2) is 0 Å². The normalized spacial score (nSPS) is 29.8. The van der Waals surface area contributed by atoms with Crippen molar-refractivity contribution in [3.05, 3.63) is 0 Å². The fraction of sp³-hybridized carbons (Fsp3) is 1.00. The highest BCUT2D eigenvalue weighted by atomic mass is 16.5. The molecule has 2 bridgehead atoms. The van der Waals surface area contributed by atoms with Crippen molar-refractivity contribution in [2.75, 3.05) is 26.7 Å². The number of fused-ring (bicyclic) bond motifs is 2. The van der Waals surface area contributed by atoms with Crippen molar-refractivity contribution < 1.29 is 4.74 Å². The average Bonchev–Trinajstić information content (AvgIpc) is 2.50. The van der Waals surface area contributed by atoms with E-state index < -0.39 is 0 Å². The topological polar surface area (TPSA) is 12.5 Å². The first kappa shape index (κ1) is 13.9. The number of rotatable bonds is 0. The van der Waals surface area contributed by atoms with Crippen LogP contribution >= 0.6 is 0 Å². The molecule has 0 aromatic rings. The van der Waals surface area contributed by atoms with Gasteiger partial charge in [0.2, 0.25) is 0 Å². The Kier molecular flexibility index (Phi) is 8.20. The van der Waals surface area contributed by atoms with Gasteiger partial charge in [-0.1, -0.05) is 34.1 Å². The molecule has 2 aliphatic heterocycles.